The molecule has 1 aromatic heterocycles. The van der Waals surface area contributed by atoms with Crippen LogP contribution in [0.1, 0.15) is 63.0 Å². The van der Waals surface area contributed by atoms with Crippen molar-refractivity contribution in [2.45, 2.75) is 64.3 Å². The van der Waals surface area contributed by atoms with Gasteiger partial charge in [0, 0.05) is 12.1 Å². The van der Waals surface area contributed by atoms with E-state index in [1.807, 2.05) is 49.4 Å². The lowest BCUT2D eigenvalue weighted by Crippen LogP contribution is -2.21. The number of rotatable bonds is 10. The van der Waals surface area contributed by atoms with E-state index >= 15 is 0 Å². The highest BCUT2D eigenvalue weighted by Gasteiger charge is 2.17. The number of benzene rings is 2. The number of nitrogens with one attached hydrogen (secondary N) is 2. The van der Waals surface area contributed by atoms with Crippen molar-refractivity contribution in [2.75, 3.05) is 10.6 Å². The van der Waals surface area contributed by atoms with Crippen LogP contribution in [0.3, 0.4) is 0 Å². The molecule has 0 bridgehead atoms. The molecule has 0 radical (unpaired) electrons. The summed E-state index contributed by atoms with van der Waals surface area (Å²) in [4.78, 5) is 28.0. The second-order valence-corrected chi connectivity index (χ2v) is 9.30. The molecule has 3 aromatic rings. The van der Waals surface area contributed by atoms with Crippen LogP contribution in [0.25, 0.3) is 11.1 Å². The first-order valence-electron chi connectivity index (χ1n) is 12.5. The van der Waals surface area contributed by atoms with Gasteiger partial charge in [-0.2, -0.15) is 4.98 Å². The van der Waals surface area contributed by atoms with Crippen molar-refractivity contribution >= 4 is 34.7 Å². The van der Waals surface area contributed by atoms with Crippen LogP contribution < -0.4 is 10.6 Å². The molecule has 3 N–H and O–H groups in total. The molecule has 36 heavy (non-hydrogen) atoms. The van der Waals surface area contributed by atoms with E-state index in [4.69, 9.17) is 9.52 Å². The molecule has 2 unspecified atom stereocenters. The first-order valence-corrected chi connectivity index (χ1v) is 12.5. The zero-order valence-corrected chi connectivity index (χ0v) is 20.8. The average molecular weight is 488 g/mol. The molecule has 1 heterocycles. The highest BCUT2D eigenvalue weighted by molar-refractivity contribution is 5.92. The minimum atomic E-state index is -0.790. The molecule has 0 saturated carbocycles. The third kappa shape index (κ3) is 6.62. The van der Waals surface area contributed by atoms with E-state index in [9.17, 15) is 9.59 Å². The molecule has 0 spiro atoms. The number of nitrogens with zero attached hydrogens (tertiary/aromatic N) is 1. The van der Waals surface area contributed by atoms with Gasteiger partial charge in [0.25, 0.3) is 6.01 Å². The molecule has 1 aliphatic rings. The van der Waals surface area contributed by atoms with E-state index < -0.39 is 5.97 Å². The van der Waals surface area contributed by atoms with Gasteiger partial charge in [0.05, 0.1) is 12.5 Å². The fraction of sp³-hybridized carbons (Fsp3) is 0.345. The molecule has 4 rings (SSSR count). The van der Waals surface area contributed by atoms with Gasteiger partial charge in [0.2, 0.25) is 5.91 Å². The minimum Gasteiger partial charge on any atom is -0.481 e. The molecule has 0 saturated heterocycles. The Kier molecular flexibility index (Phi) is 8.21. The SMILES string of the molecule is CCC1=CC=CCCC1Nc1nc2ccc(CC(=O)Nc3ccc(C(C)CCC(=O)O)cc3)cc2o1. The van der Waals surface area contributed by atoms with E-state index in [1.165, 1.54) is 5.57 Å². The quantitative estimate of drug-likeness (QED) is 0.304. The van der Waals surface area contributed by atoms with Gasteiger partial charge in [0.1, 0.15) is 5.52 Å². The normalized spacial score (nSPS) is 16.3. The Morgan fingerprint density at radius 2 is 2.00 bits per heavy atom. The number of anilines is 2. The summed E-state index contributed by atoms with van der Waals surface area (Å²) in [7, 11) is 0. The molecule has 0 aliphatic heterocycles. The van der Waals surface area contributed by atoms with Crippen LogP contribution in [0.4, 0.5) is 11.7 Å². The second-order valence-electron chi connectivity index (χ2n) is 9.30. The molecule has 1 amide bonds. The smallest absolute Gasteiger partial charge is 0.303 e. The Morgan fingerprint density at radius 1 is 1.19 bits per heavy atom. The average Bonchev–Trinajstić information content (AvgIpc) is 3.12. The number of hydrogen-bond donors (Lipinski definition) is 3. The second kappa shape index (κ2) is 11.7. The lowest BCUT2D eigenvalue weighted by molar-refractivity contribution is -0.137. The molecule has 188 valence electrons. The van der Waals surface area contributed by atoms with E-state index in [1.54, 1.807) is 0 Å². The summed E-state index contributed by atoms with van der Waals surface area (Å²) in [6, 6.07) is 13.9. The van der Waals surface area contributed by atoms with Crippen LogP contribution in [-0.2, 0) is 16.0 Å². The molecule has 0 fully saturated rings. The molecule has 7 heteroatoms. The Labute approximate surface area is 211 Å². The van der Waals surface area contributed by atoms with Crippen LogP contribution in [0.5, 0.6) is 0 Å². The Balaban J connectivity index is 1.35. The van der Waals surface area contributed by atoms with E-state index in [-0.39, 0.29) is 30.7 Å². The number of carboxylic acids is 1. The van der Waals surface area contributed by atoms with Crippen LogP contribution in [0, 0.1) is 0 Å². The largest absolute Gasteiger partial charge is 0.481 e. The number of aliphatic carboxylic acids is 1. The molecule has 7 nitrogen and oxygen atoms in total. The van der Waals surface area contributed by atoms with Gasteiger partial charge < -0.3 is 20.2 Å². The third-order valence-electron chi connectivity index (χ3n) is 6.59. The van der Waals surface area contributed by atoms with E-state index in [0.29, 0.717) is 23.7 Å². The summed E-state index contributed by atoms with van der Waals surface area (Å²) in [5, 5.41) is 15.2. The monoisotopic (exact) mass is 487 g/mol. The molecular weight excluding hydrogens is 454 g/mol. The van der Waals surface area contributed by atoms with Gasteiger partial charge in [-0.1, -0.05) is 50.3 Å². The maximum Gasteiger partial charge on any atom is 0.303 e. The topological polar surface area (TPSA) is 104 Å². The number of hydrogen-bond acceptors (Lipinski definition) is 5. The maximum atomic E-state index is 12.6. The zero-order chi connectivity index (χ0) is 25.5. The van der Waals surface area contributed by atoms with Crippen molar-refractivity contribution in [3.8, 4) is 0 Å². The van der Waals surface area contributed by atoms with Crippen molar-refractivity contribution in [3.63, 3.8) is 0 Å². The van der Waals surface area contributed by atoms with Gasteiger partial charge in [-0.3, -0.25) is 9.59 Å². The van der Waals surface area contributed by atoms with Crippen molar-refractivity contribution in [1.29, 1.82) is 0 Å². The molecule has 2 atom stereocenters. The highest BCUT2D eigenvalue weighted by atomic mass is 16.4. The van der Waals surface area contributed by atoms with Crippen molar-refractivity contribution in [1.82, 2.24) is 4.98 Å². The van der Waals surface area contributed by atoms with Gasteiger partial charge in [-0.05, 0) is 72.6 Å². The Hall–Kier alpha value is -3.87. The molecular formula is C29H33N3O4. The molecule has 2 aromatic carbocycles. The fourth-order valence-corrected chi connectivity index (χ4v) is 4.46. The van der Waals surface area contributed by atoms with Gasteiger partial charge in [0.15, 0.2) is 5.58 Å². The first-order chi connectivity index (χ1) is 17.4. The fourth-order valence-electron chi connectivity index (χ4n) is 4.46. The third-order valence-corrected chi connectivity index (χ3v) is 6.59. The van der Waals surface area contributed by atoms with Gasteiger partial charge >= 0.3 is 5.97 Å². The number of carbonyl (C=O) groups excluding carboxylic acids is 1. The van der Waals surface area contributed by atoms with E-state index in [2.05, 4.69) is 40.8 Å². The van der Waals surface area contributed by atoms with Crippen LogP contribution in [0.2, 0.25) is 0 Å². The summed E-state index contributed by atoms with van der Waals surface area (Å²) < 4.78 is 5.98. The summed E-state index contributed by atoms with van der Waals surface area (Å²) >= 11 is 0. The van der Waals surface area contributed by atoms with Crippen LogP contribution in [0.15, 0.2) is 70.7 Å². The maximum absolute atomic E-state index is 12.6. The number of fused-ring (bicyclic) bond motifs is 1. The standard InChI is InChI=1S/C29H33N3O4/c1-3-21-7-5-4-6-8-24(21)31-29-32-25-15-10-20(17-26(25)36-29)18-27(33)30-23-13-11-22(12-14-23)19(2)9-16-28(34)35/h4-5,7,10-15,17,19,24H,3,6,8-9,16,18H2,1-2H3,(H,30,33)(H,31,32)(H,34,35). The van der Waals surface area contributed by atoms with Crippen molar-refractivity contribution < 1.29 is 19.1 Å². The lowest BCUT2D eigenvalue weighted by Gasteiger charge is -2.18. The van der Waals surface area contributed by atoms with Crippen molar-refractivity contribution in [2.24, 2.45) is 0 Å². The molecule has 1 aliphatic carbocycles. The summed E-state index contributed by atoms with van der Waals surface area (Å²) in [6.07, 6.45) is 10.3. The first kappa shape index (κ1) is 25.2. The Bertz CT molecular complexity index is 1270. The van der Waals surface area contributed by atoms with Crippen molar-refractivity contribution in [3.05, 3.63) is 77.4 Å². The minimum absolute atomic E-state index is 0.123. The van der Waals surface area contributed by atoms with Gasteiger partial charge in [-0.15, -0.1) is 0 Å². The highest BCUT2D eigenvalue weighted by Crippen LogP contribution is 2.26. The van der Waals surface area contributed by atoms with Crippen LogP contribution >= 0.6 is 0 Å². The number of aromatic nitrogens is 1. The number of oxazole rings is 1. The Morgan fingerprint density at radius 3 is 2.75 bits per heavy atom. The number of carboxylic acid groups (broad SMARTS) is 1. The summed E-state index contributed by atoms with van der Waals surface area (Å²) in [5.74, 6) is -0.771. The predicted octanol–water partition coefficient (Wildman–Crippen LogP) is 6.44. The number of allylic oxidation sites excluding steroid dienone is 3. The van der Waals surface area contributed by atoms with Crippen LogP contribution in [-0.4, -0.2) is 28.0 Å². The zero-order valence-electron chi connectivity index (χ0n) is 20.8. The number of carbonyl (C=O) groups is 2. The number of amides is 1. The van der Waals surface area contributed by atoms with Gasteiger partial charge in [-0.25, -0.2) is 0 Å². The van der Waals surface area contributed by atoms with E-state index in [0.717, 1.165) is 35.9 Å². The predicted molar refractivity (Wildman–Crippen MR) is 142 cm³/mol. The lowest BCUT2D eigenvalue weighted by atomic mass is 9.96. The summed E-state index contributed by atoms with van der Waals surface area (Å²) in [5.41, 5.74) is 5.33. The summed E-state index contributed by atoms with van der Waals surface area (Å²) in [6.45, 7) is 4.16.